The number of likely N-dealkylation sites (N-methyl/N-ethyl adjacent to an activating group) is 1. The lowest BCUT2D eigenvalue weighted by Crippen LogP contribution is -2.35. The van der Waals surface area contributed by atoms with Gasteiger partial charge >= 0.3 is 0 Å². The Morgan fingerprint density at radius 2 is 1.33 bits per heavy atom. The molecule has 4 aliphatic rings. The fourth-order valence-corrected chi connectivity index (χ4v) is 8.43. The molecular formula is C42H42F2N10O4. The molecule has 0 N–H and O–H groups in total. The summed E-state index contributed by atoms with van der Waals surface area (Å²) in [7, 11) is 3.62. The van der Waals surface area contributed by atoms with E-state index in [2.05, 4.69) is 30.4 Å². The Labute approximate surface area is 332 Å². The molecule has 0 aliphatic carbocycles. The molecule has 4 aromatic heterocycles. The van der Waals surface area contributed by atoms with E-state index in [1.807, 2.05) is 22.0 Å². The van der Waals surface area contributed by atoms with Crippen molar-refractivity contribution in [3.05, 3.63) is 112 Å². The number of rotatable bonds is 8. The number of nitrogens with zero attached hydrogens (tertiary/aromatic N) is 10. The van der Waals surface area contributed by atoms with Crippen molar-refractivity contribution in [1.29, 1.82) is 0 Å². The molecule has 58 heavy (non-hydrogen) atoms. The van der Waals surface area contributed by atoms with Crippen LogP contribution in [0.25, 0.3) is 16.9 Å². The largest absolute Gasteiger partial charge is 0.493 e. The molecular weight excluding hydrogens is 747 g/mol. The molecule has 1 fully saturated rings. The zero-order chi connectivity index (χ0) is 39.9. The Kier molecular flexibility index (Phi) is 9.99. The first-order valence-corrected chi connectivity index (χ1v) is 19.6. The van der Waals surface area contributed by atoms with Crippen LogP contribution in [0.2, 0.25) is 0 Å². The van der Waals surface area contributed by atoms with Crippen LogP contribution in [0.4, 0.5) is 8.78 Å². The summed E-state index contributed by atoms with van der Waals surface area (Å²) in [5.74, 6) is 2.90. The molecule has 10 rings (SSSR count). The van der Waals surface area contributed by atoms with Crippen molar-refractivity contribution in [2.75, 3.05) is 40.4 Å². The number of likely N-dealkylation sites (tertiary alicyclic amines) is 1. The molecule has 1 atom stereocenters. The van der Waals surface area contributed by atoms with Crippen molar-refractivity contribution in [2.45, 2.75) is 63.7 Å². The van der Waals surface area contributed by atoms with E-state index in [4.69, 9.17) is 9.47 Å². The van der Waals surface area contributed by atoms with Crippen molar-refractivity contribution in [1.82, 2.24) is 49.0 Å². The molecule has 8 heterocycles. The van der Waals surface area contributed by atoms with Gasteiger partial charge in [-0.25, -0.2) is 18.7 Å². The summed E-state index contributed by atoms with van der Waals surface area (Å²) >= 11 is 0. The Bertz CT molecular complexity index is 2600. The fraction of sp³-hybridized carbons (Fsp3) is 0.381. The number of fused-ring (bicyclic) bond motifs is 4. The highest BCUT2D eigenvalue weighted by Crippen LogP contribution is 2.34. The van der Waals surface area contributed by atoms with E-state index in [9.17, 15) is 18.4 Å². The first-order chi connectivity index (χ1) is 28.2. The molecule has 4 aliphatic heterocycles. The number of amides is 2. The molecule has 0 bridgehead atoms. The monoisotopic (exact) mass is 788 g/mol. The maximum atomic E-state index is 14.4. The minimum Gasteiger partial charge on any atom is -0.493 e. The molecule has 2 aromatic carbocycles. The Balaban J connectivity index is 0.000000150. The summed E-state index contributed by atoms with van der Waals surface area (Å²) in [6, 6.07) is 6.34. The maximum absolute atomic E-state index is 14.4. The van der Waals surface area contributed by atoms with Gasteiger partial charge in [-0.3, -0.25) is 18.4 Å². The molecule has 16 heteroatoms. The highest BCUT2D eigenvalue weighted by molar-refractivity contribution is 5.98. The molecule has 0 radical (unpaired) electrons. The van der Waals surface area contributed by atoms with Gasteiger partial charge in [-0.1, -0.05) is 0 Å². The number of piperidine rings is 1. The number of benzene rings is 2. The second kappa shape index (κ2) is 15.6. The summed E-state index contributed by atoms with van der Waals surface area (Å²) < 4.78 is 43.7. The fourth-order valence-electron chi connectivity index (χ4n) is 8.43. The minimum absolute atomic E-state index is 0.0244. The van der Waals surface area contributed by atoms with Gasteiger partial charge in [0.1, 0.15) is 47.4 Å². The van der Waals surface area contributed by atoms with Crippen molar-refractivity contribution in [3.63, 3.8) is 0 Å². The van der Waals surface area contributed by atoms with Crippen LogP contribution < -0.4 is 9.47 Å². The first kappa shape index (κ1) is 37.3. The second-order valence-corrected chi connectivity index (χ2v) is 15.2. The SMILES string of the molecule is CN1CCC(c2cnc(CCc3c(F)ccc4c3CCO4)n3cnnc23)=CC1=O.CN1CCC(c2cnc(CCc3c(F)ccc4c3CCO4)n3cnnc23)CC1=O. The number of halogens is 2. The van der Waals surface area contributed by atoms with Crippen molar-refractivity contribution < 1.29 is 27.8 Å². The Morgan fingerprint density at radius 3 is 1.95 bits per heavy atom. The predicted octanol–water partition coefficient (Wildman–Crippen LogP) is 4.55. The van der Waals surface area contributed by atoms with Gasteiger partial charge in [-0.2, -0.15) is 0 Å². The number of carbonyl (C=O) groups is 2. The van der Waals surface area contributed by atoms with Crippen LogP contribution in [-0.2, 0) is 48.1 Å². The van der Waals surface area contributed by atoms with E-state index in [-0.39, 0.29) is 29.4 Å². The van der Waals surface area contributed by atoms with Crippen LogP contribution in [0.15, 0.2) is 55.4 Å². The summed E-state index contributed by atoms with van der Waals surface area (Å²) in [4.78, 5) is 36.8. The Hall–Kier alpha value is -6.32. The van der Waals surface area contributed by atoms with Crippen LogP contribution in [0, 0.1) is 11.6 Å². The third-order valence-electron chi connectivity index (χ3n) is 11.8. The van der Waals surface area contributed by atoms with Gasteiger partial charge in [0.25, 0.3) is 0 Å². The van der Waals surface area contributed by atoms with E-state index in [0.29, 0.717) is 68.6 Å². The topological polar surface area (TPSA) is 145 Å². The highest BCUT2D eigenvalue weighted by Gasteiger charge is 2.28. The van der Waals surface area contributed by atoms with E-state index in [1.54, 1.807) is 53.9 Å². The second-order valence-electron chi connectivity index (χ2n) is 15.2. The van der Waals surface area contributed by atoms with E-state index >= 15 is 0 Å². The quantitative estimate of drug-likeness (QED) is 0.216. The summed E-state index contributed by atoms with van der Waals surface area (Å²) in [5.41, 5.74) is 7.39. The van der Waals surface area contributed by atoms with Gasteiger partial charge in [-0.15, -0.1) is 20.4 Å². The van der Waals surface area contributed by atoms with E-state index < -0.39 is 0 Å². The van der Waals surface area contributed by atoms with E-state index in [0.717, 1.165) is 88.8 Å². The lowest BCUT2D eigenvalue weighted by molar-refractivity contribution is -0.132. The normalized spacial score (nSPS) is 17.5. The molecule has 2 amide bonds. The Morgan fingerprint density at radius 1 is 0.724 bits per heavy atom. The number of hydrogen-bond donors (Lipinski definition) is 0. The highest BCUT2D eigenvalue weighted by atomic mass is 19.1. The lowest BCUT2D eigenvalue weighted by Gasteiger charge is -2.28. The van der Waals surface area contributed by atoms with Gasteiger partial charge < -0.3 is 19.3 Å². The molecule has 14 nitrogen and oxygen atoms in total. The summed E-state index contributed by atoms with van der Waals surface area (Å²) in [5, 5.41) is 16.6. The number of hydrogen-bond acceptors (Lipinski definition) is 10. The van der Waals surface area contributed by atoms with Crippen molar-refractivity contribution in [2.24, 2.45) is 0 Å². The third kappa shape index (κ3) is 7.00. The molecule has 298 valence electrons. The minimum atomic E-state index is -0.208. The van der Waals surface area contributed by atoms with Crippen LogP contribution in [0.3, 0.4) is 0 Å². The molecule has 1 saturated heterocycles. The average Bonchev–Trinajstić information content (AvgIpc) is 4.07. The van der Waals surface area contributed by atoms with Gasteiger partial charge in [0.05, 0.1) is 13.2 Å². The van der Waals surface area contributed by atoms with Crippen LogP contribution in [0.5, 0.6) is 11.5 Å². The standard InChI is InChI=1S/C21H22FN5O2.C21H20FN5O2/c2*1-26-8-6-13(10-20(26)28)16-11-23-19(27-12-24-25-21(16)27)5-2-14-15-7-9-29-18(15)4-3-17(14)22/h3-4,11-13H,2,5-10H2,1H3;3-4,10-12H,2,5-9H2,1H3. The molecule has 0 spiro atoms. The van der Waals surface area contributed by atoms with E-state index in [1.165, 1.54) is 12.1 Å². The number of aromatic nitrogens is 8. The predicted molar refractivity (Wildman–Crippen MR) is 207 cm³/mol. The maximum Gasteiger partial charge on any atom is 0.246 e. The van der Waals surface area contributed by atoms with Crippen molar-refractivity contribution in [3.8, 4) is 11.5 Å². The number of aryl methyl sites for hydroxylation is 2. The summed E-state index contributed by atoms with van der Waals surface area (Å²) in [6.07, 6.45) is 14.2. The van der Waals surface area contributed by atoms with Crippen LogP contribution in [-0.4, -0.2) is 101 Å². The van der Waals surface area contributed by atoms with Gasteiger partial charge in [0.2, 0.25) is 11.8 Å². The summed E-state index contributed by atoms with van der Waals surface area (Å²) in [6.45, 7) is 2.58. The van der Waals surface area contributed by atoms with Crippen molar-refractivity contribution >= 4 is 28.7 Å². The zero-order valence-corrected chi connectivity index (χ0v) is 32.3. The molecule has 0 saturated carbocycles. The number of ether oxygens (including phenoxy) is 2. The molecule has 6 aromatic rings. The smallest absolute Gasteiger partial charge is 0.246 e. The van der Waals surface area contributed by atoms with Gasteiger partial charge in [0.15, 0.2) is 11.3 Å². The lowest BCUT2D eigenvalue weighted by atomic mass is 9.90. The van der Waals surface area contributed by atoms with Crippen LogP contribution in [0.1, 0.15) is 70.2 Å². The van der Waals surface area contributed by atoms with Gasteiger partial charge in [0, 0.05) is 100 Å². The van der Waals surface area contributed by atoms with Gasteiger partial charge in [-0.05, 0) is 72.6 Å². The number of carbonyl (C=O) groups excluding carboxylic acids is 2. The zero-order valence-electron chi connectivity index (χ0n) is 32.3. The third-order valence-corrected chi connectivity index (χ3v) is 11.8. The molecule has 1 unspecified atom stereocenters. The first-order valence-electron chi connectivity index (χ1n) is 19.6. The average molecular weight is 789 g/mol. The van der Waals surface area contributed by atoms with Crippen LogP contribution >= 0.6 is 0 Å².